The van der Waals surface area contributed by atoms with Crippen molar-refractivity contribution in [3.63, 3.8) is 0 Å². The van der Waals surface area contributed by atoms with Gasteiger partial charge in [0, 0.05) is 16.0 Å². The Morgan fingerprint density at radius 1 is 1.11 bits per heavy atom. The number of halogens is 1. The summed E-state index contributed by atoms with van der Waals surface area (Å²) >= 11 is 8.15. The molecule has 3 aromatic rings. The first-order chi connectivity index (χ1) is 17.0. The Labute approximate surface area is 221 Å². The molecule has 0 amide bonds. The molecule has 2 heterocycles. The Morgan fingerprint density at radius 3 is 2.50 bits per heavy atom. The van der Waals surface area contributed by atoms with Crippen LogP contribution < -0.4 is 9.47 Å². The quantitative estimate of drug-likeness (QED) is 0.339. The minimum absolute atomic E-state index is 0.148. The molecule has 2 aromatic carbocycles. The lowest BCUT2D eigenvalue weighted by molar-refractivity contribution is -0.147. The molecule has 0 saturated carbocycles. The number of para-hydroxylation sites is 1. The second kappa shape index (κ2) is 10.3. The number of carbonyl (C=O) groups is 1. The molecule has 0 fully saturated rings. The zero-order chi connectivity index (χ0) is 26.2. The standard InChI is InChI=1S/C27H32ClN3O4S/c1-15(2)35-22(32)14-21-25-29-30-26(27(3,4)5)31(25)19-12-11-16(28)13-18(19)24(36-21)17-9-8-10-20(33-6)23(17)34-7/h8-13,15,21,24H,14H2,1-7H3/t21-,24-/m1/s1. The van der Waals surface area contributed by atoms with Crippen LogP contribution >= 0.6 is 23.4 Å². The number of hydrogen-bond acceptors (Lipinski definition) is 7. The molecule has 7 nitrogen and oxygen atoms in total. The number of aromatic nitrogens is 3. The number of fused-ring (bicyclic) bond motifs is 3. The van der Waals surface area contributed by atoms with Gasteiger partial charge in [-0.1, -0.05) is 44.5 Å². The molecule has 0 saturated heterocycles. The van der Waals surface area contributed by atoms with Crippen LogP contribution in [0, 0.1) is 0 Å². The topological polar surface area (TPSA) is 75.5 Å². The van der Waals surface area contributed by atoms with E-state index in [1.807, 2.05) is 50.2 Å². The average molecular weight is 530 g/mol. The lowest BCUT2D eigenvalue weighted by atomic mass is 9.94. The molecule has 0 unspecified atom stereocenters. The van der Waals surface area contributed by atoms with Crippen LogP contribution in [0.3, 0.4) is 0 Å². The number of carbonyl (C=O) groups excluding carboxylic acids is 1. The van der Waals surface area contributed by atoms with E-state index in [-0.39, 0.29) is 34.4 Å². The van der Waals surface area contributed by atoms with Crippen LogP contribution in [0.2, 0.25) is 5.02 Å². The maximum atomic E-state index is 12.9. The molecule has 192 valence electrons. The van der Waals surface area contributed by atoms with E-state index < -0.39 is 0 Å². The van der Waals surface area contributed by atoms with Crippen molar-refractivity contribution in [1.29, 1.82) is 0 Å². The number of hydrogen-bond donors (Lipinski definition) is 0. The molecular formula is C27H32ClN3O4S. The predicted octanol–water partition coefficient (Wildman–Crippen LogP) is 6.45. The Kier molecular flexibility index (Phi) is 7.57. The van der Waals surface area contributed by atoms with Gasteiger partial charge in [0.1, 0.15) is 5.82 Å². The summed E-state index contributed by atoms with van der Waals surface area (Å²) in [4.78, 5) is 12.9. The van der Waals surface area contributed by atoms with Gasteiger partial charge in [0.2, 0.25) is 0 Å². The van der Waals surface area contributed by atoms with Gasteiger partial charge in [-0.05, 0) is 43.7 Å². The maximum absolute atomic E-state index is 12.9. The summed E-state index contributed by atoms with van der Waals surface area (Å²) in [5.74, 6) is 2.50. The monoisotopic (exact) mass is 529 g/mol. The summed E-state index contributed by atoms with van der Waals surface area (Å²) < 4.78 is 19.0. The largest absolute Gasteiger partial charge is 0.493 e. The molecule has 1 aromatic heterocycles. The number of methoxy groups -OCH3 is 2. The van der Waals surface area contributed by atoms with Gasteiger partial charge < -0.3 is 14.2 Å². The highest BCUT2D eigenvalue weighted by atomic mass is 35.5. The van der Waals surface area contributed by atoms with Crippen LogP contribution in [-0.4, -0.2) is 41.1 Å². The number of rotatable bonds is 6. The minimum atomic E-state index is -0.327. The first-order valence-corrected chi connectivity index (χ1v) is 13.2. The van der Waals surface area contributed by atoms with Gasteiger partial charge in [0.15, 0.2) is 17.3 Å². The molecule has 0 aliphatic carbocycles. The van der Waals surface area contributed by atoms with Gasteiger partial charge in [0.25, 0.3) is 0 Å². The number of benzene rings is 2. The first kappa shape index (κ1) is 26.4. The van der Waals surface area contributed by atoms with Crippen molar-refractivity contribution in [3.05, 3.63) is 64.2 Å². The van der Waals surface area contributed by atoms with Crippen molar-refractivity contribution < 1.29 is 19.0 Å². The van der Waals surface area contributed by atoms with Gasteiger partial charge in [0.05, 0.1) is 42.9 Å². The maximum Gasteiger partial charge on any atom is 0.307 e. The first-order valence-electron chi connectivity index (χ1n) is 11.9. The van der Waals surface area contributed by atoms with Crippen LogP contribution in [0.4, 0.5) is 0 Å². The fourth-order valence-corrected chi connectivity index (χ4v) is 6.11. The van der Waals surface area contributed by atoms with Crippen LogP contribution in [0.15, 0.2) is 36.4 Å². The van der Waals surface area contributed by atoms with Crippen LogP contribution in [0.25, 0.3) is 5.69 Å². The van der Waals surface area contributed by atoms with E-state index in [0.29, 0.717) is 22.3 Å². The van der Waals surface area contributed by atoms with E-state index in [9.17, 15) is 4.79 Å². The highest BCUT2D eigenvalue weighted by Crippen LogP contribution is 2.54. The van der Waals surface area contributed by atoms with Crippen molar-refractivity contribution in [2.75, 3.05) is 14.2 Å². The Bertz CT molecular complexity index is 1270. The summed E-state index contributed by atoms with van der Waals surface area (Å²) in [6, 6.07) is 11.7. The van der Waals surface area contributed by atoms with E-state index >= 15 is 0 Å². The lowest BCUT2D eigenvalue weighted by Crippen LogP contribution is -2.20. The van der Waals surface area contributed by atoms with Gasteiger partial charge in [-0.2, -0.15) is 0 Å². The van der Waals surface area contributed by atoms with Gasteiger partial charge in [-0.15, -0.1) is 22.0 Å². The molecule has 0 spiro atoms. The molecular weight excluding hydrogens is 498 g/mol. The van der Waals surface area contributed by atoms with Crippen LogP contribution in [-0.2, 0) is 14.9 Å². The highest BCUT2D eigenvalue weighted by Gasteiger charge is 2.38. The Balaban J connectivity index is 1.98. The summed E-state index contributed by atoms with van der Waals surface area (Å²) in [6.45, 7) is 9.99. The Hall–Kier alpha value is -2.71. The van der Waals surface area contributed by atoms with Crippen LogP contribution in [0.5, 0.6) is 11.5 Å². The van der Waals surface area contributed by atoms with Gasteiger partial charge in [-0.3, -0.25) is 9.36 Å². The molecule has 1 aliphatic rings. The predicted molar refractivity (Wildman–Crippen MR) is 143 cm³/mol. The molecule has 0 bridgehead atoms. The van der Waals surface area contributed by atoms with Crippen molar-refractivity contribution in [2.45, 2.75) is 63.1 Å². The molecule has 0 N–H and O–H groups in total. The SMILES string of the molecule is COc1cccc([C@H]2S[C@H](CC(=O)OC(C)C)c3nnc(C(C)(C)C)n3-c3ccc(Cl)cc32)c1OC. The third-order valence-electron chi connectivity index (χ3n) is 5.90. The van der Waals surface area contributed by atoms with Crippen molar-refractivity contribution in [1.82, 2.24) is 14.8 Å². The van der Waals surface area contributed by atoms with Gasteiger partial charge >= 0.3 is 5.97 Å². The minimum Gasteiger partial charge on any atom is -0.493 e. The molecule has 9 heteroatoms. The molecule has 2 atom stereocenters. The van der Waals surface area contributed by atoms with E-state index in [1.165, 1.54) is 0 Å². The van der Waals surface area contributed by atoms with Crippen molar-refractivity contribution in [2.24, 2.45) is 0 Å². The second-order valence-electron chi connectivity index (χ2n) is 10.0. The average Bonchev–Trinajstić information content (AvgIpc) is 3.21. The smallest absolute Gasteiger partial charge is 0.307 e. The molecule has 36 heavy (non-hydrogen) atoms. The normalized spacial score (nSPS) is 17.2. The van der Waals surface area contributed by atoms with E-state index in [2.05, 4.69) is 35.5 Å². The third kappa shape index (κ3) is 5.06. The summed E-state index contributed by atoms with van der Waals surface area (Å²) in [7, 11) is 3.25. The number of esters is 1. The molecule has 0 radical (unpaired) electrons. The molecule has 1 aliphatic heterocycles. The number of nitrogens with zero attached hydrogens (tertiary/aromatic N) is 3. The summed E-state index contributed by atoms with van der Waals surface area (Å²) in [5, 5.41) is 9.26. The Morgan fingerprint density at radius 2 is 1.86 bits per heavy atom. The lowest BCUT2D eigenvalue weighted by Gasteiger charge is -2.24. The third-order valence-corrected chi connectivity index (χ3v) is 7.62. The van der Waals surface area contributed by atoms with Crippen LogP contribution in [0.1, 0.15) is 74.3 Å². The van der Waals surface area contributed by atoms with E-state index in [4.69, 9.17) is 25.8 Å². The zero-order valence-electron chi connectivity index (χ0n) is 21.7. The summed E-state index contributed by atoms with van der Waals surface area (Å²) in [6.07, 6.45) is -0.0584. The summed E-state index contributed by atoms with van der Waals surface area (Å²) in [5.41, 5.74) is 2.53. The molecule has 4 rings (SSSR count). The number of thioether (sulfide) groups is 1. The highest BCUT2D eigenvalue weighted by molar-refractivity contribution is 8.00. The van der Waals surface area contributed by atoms with E-state index in [1.54, 1.807) is 26.0 Å². The van der Waals surface area contributed by atoms with Crippen molar-refractivity contribution in [3.8, 4) is 17.2 Å². The number of ether oxygens (including phenoxy) is 3. The fourth-order valence-electron chi connectivity index (χ4n) is 4.43. The fraction of sp³-hybridized carbons (Fsp3) is 0.444. The second-order valence-corrected chi connectivity index (χ2v) is 11.7. The zero-order valence-corrected chi connectivity index (χ0v) is 23.2. The van der Waals surface area contributed by atoms with Gasteiger partial charge in [-0.25, -0.2) is 0 Å². The van der Waals surface area contributed by atoms with Crippen molar-refractivity contribution >= 4 is 29.3 Å². The van der Waals surface area contributed by atoms with E-state index in [0.717, 1.165) is 22.6 Å².